The van der Waals surface area contributed by atoms with E-state index in [-0.39, 0.29) is 12.5 Å². The first-order valence-electron chi connectivity index (χ1n) is 5.21. The highest BCUT2D eigenvalue weighted by atomic mass is 19.4. The van der Waals surface area contributed by atoms with Crippen molar-refractivity contribution in [2.24, 2.45) is 5.73 Å². The number of rotatable bonds is 4. The van der Waals surface area contributed by atoms with Crippen LogP contribution in [-0.2, 0) is 6.42 Å². The molecule has 92 valence electrons. The topological polar surface area (TPSA) is 43.8 Å². The van der Waals surface area contributed by atoms with Gasteiger partial charge in [0.2, 0.25) is 0 Å². The number of hydrogen-bond donors (Lipinski definition) is 1. The van der Waals surface area contributed by atoms with Crippen molar-refractivity contribution in [2.45, 2.75) is 44.9 Å². The maximum Gasteiger partial charge on any atom is 0.404 e. The summed E-state index contributed by atoms with van der Waals surface area (Å²) in [7, 11) is 0. The first-order chi connectivity index (χ1) is 7.34. The van der Waals surface area contributed by atoms with Crippen molar-refractivity contribution < 1.29 is 13.2 Å². The van der Waals surface area contributed by atoms with Gasteiger partial charge in [0.05, 0.1) is 5.69 Å². The number of hydrogen-bond acceptors (Lipinski definition) is 2. The fourth-order valence-electron chi connectivity index (χ4n) is 1.26. The number of aromatic nitrogens is 2. The van der Waals surface area contributed by atoms with Gasteiger partial charge >= 0.3 is 6.18 Å². The molecule has 2 atom stereocenters. The number of nitrogens with zero attached hydrogens (tertiary/aromatic N) is 2. The second kappa shape index (κ2) is 4.86. The fraction of sp³-hybridized carbons (Fsp3) is 0.700. The molecule has 0 saturated carbocycles. The van der Waals surface area contributed by atoms with Gasteiger partial charge in [0.1, 0.15) is 6.04 Å². The molecule has 0 saturated heterocycles. The largest absolute Gasteiger partial charge is 0.404 e. The summed E-state index contributed by atoms with van der Waals surface area (Å²) in [5.74, 6) is 0. The van der Waals surface area contributed by atoms with Gasteiger partial charge in [-0.05, 0) is 19.4 Å². The Morgan fingerprint density at radius 1 is 1.50 bits per heavy atom. The highest BCUT2D eigenvalue weighted by Crippen LogP contribution is 2.21. The van der Waals surface area contributed by atoms with Crippen LogP contribution in [0.15, 0.2) is 12.3 Å². The van der Waals surface area contributed by atoms with Crippen LogP contribution in [0.1, 0.15) is 32.0 Å². The third kappa shape index (κ3) is 3.23. The SMILES string of the molecule is CCC(C)n1ccc(CC(N)C(F)(F)F)n1. The van der Waals surface area contributed by atoms with Crippen molar-refractivity contribution in [1.29, 1.82) is 0 Å². The molecule has 1 aromatic heterocycles. The van der Waals surface area contributed by atoms with E-state index in [4.69, 9.17) is 5.73 Å². The van der Waals surface area contributed by atoms with Crippen LogP contribution in [0.3, 0.4) is 0 Å². The van der Waals surface area contributed by atoms with Gasteiger partial charge in [-0.2, -0.15) is 18.3 Å². The van der Waals surface area contributed by atoms with Crippen molar-refractivity contribution in [3.8, 4) is 0 Å². The Kier molecular flexibility index (Phi) is 3.96. The van der Waals surface area contributed by atoms with E-state index in [0.717, 1.165) is 6.42 Å². The van der Waals surface area contributed by atoms with Crippen molar-refractivity contribution in [2.75, 3.05) is 0 Å². The summed E-state index contributed by atoms with van der Waals surface area (Å²) in [6.45, 7) is 3.95. The summed E-state index contributed by atoms with van der Waals surface area (Å²) in [6.07, 6.45) is -2.06. The average molecular weight is 235 g/mol. The predicted molar refractivity (Wildman–Crippen MR) is 55.0 cm³/mol. The molecule has 1 aromatic rings. The van der Waals surface area contributed by atoms with Gasteiger partial charge in [-0.3, -0.25) is 4.68 Å². The summed E-state index contributed by atoms with van der Waals surface area (Å²) in [5, 5.41) is 4.07. The lowest BCUT2D eigenvalue weighted by Gasteiger charge is -2.14. The van der Waals surface area contributed by atoms with Crippen molar-refractivity contribution in [1.82, 2.24) is 9.78 Å². The highest BCUT2D eigenvalue weighted by Gasteiger charge is 2.36. The highest BCUT2D eigenvalue weighted by molar-refractivity contribution is 5.02. The quantitative estimate of drug-likeness (QED) is 0.870. The van der Waals surface area contributed by atoms with Crippen LogP contribution in [0, 0.1) is 0 Å². The lowest BCUT2D eigenvalue weighted by Crippen LogP contribution is -2.39. The molecule has 1 heterocycles. The standard InChI is InChI=1S/C10H16F3N3/c1-3-7(2)16-5-4-8(15-16)6-9(14)10(11,12)13/h4-5,7,9H,3,6,14H2,1-2H3. The third-order valence-electron chi connectivity index (χ3n) is 2.56. The fourth-order valence-corrected chi connectivity index (χ4v) is 1.26. The molecule has 2 N–H and O–H groups in total. The van der Waals surface area contributed by atoms with Gasteiger partial charge < -0.3 is 5.73 Å². The molecule has 16 heavy (non-hydrogen) atoms. The summed E-state index contributed by atoms with van der Waals surface area (Å²) in [4.78, 5) is 0. The number of nitrogens with two attached hydrogens (primary N) is 1. The second-order valence-corrected chi connectivity index (χ2v) is 3.90. The molecule has 0 spiro atoms. The monoisotopic (exact) mass is 235 g/mol. The molecule has 3 nitrogen and oxygen atoms in total. The van der Waals surface area contributed by atoms with E-state index >= 15 is 0 Å². The minimum Gasteiger partial charge on any atom is -0.320 e. The Balaban J connectivity index is 2.66. The molecule has 0 aliphatic carbocycles. The van der Waals surface area contributed by atoms with Gasteiger partial charge in [-0.15, -0.1) is 0 Å². The van der Waals surface area contributed by atoms with E-state index < -0.39 is 12.2 Å². The summed E-state index contributed by atoms with van der Waals surface area (Å²) >= 11 is 0. The predicted octanol–water partition coefficient (Wildman–Crippen LogP) is 2.29. The first kappa shape index (κ1) is 13.0. The molecule has 0 aliphatic heterocycles. The third-order valence-corrected chi connectivity index (χ3v) is 2.56. The average Bonchev–Trinajstić information content (AvgIpc) is 2.63. The van der Waals surface area contributed by atoms with Crippen LogP contribution in [-0.4, -0.2) is 22.0 Å². The van der Waals surface area contributed by atoms with Crippen LogP contribution >= 0.6 is 0 Å². The molecule has 6 heteroatoms. The Labute approximate surface area is 92.4 Å². The van der Waals surface area contributed by atoms with Crippen LogP contribution in [0.5, 0.6) is 0 Å². The maximum atomic E-state index is 12.2. The van der Waals surface area contributed by atoms with Gasteiger partial charge in [-0.1, -0.05) is 6.92 Å². The lowest BCUT2D eigenvalue weighted by atomic mass is 10.2. The van der Waals surface area contributed by atoms with E-state index in [2.05, 4.69) is 5.10 Å². The van der Waals surface area contributed by atoms with E-state index in [9.17, 15) is 13.2 Å². The van der Waals surface area contributed by atoms with Crippen molar-refractivity contribution >= 4 is 0 Å². The number of alkyl halides is 3. The molecule has 1 rings (SSSR count). The molecule has 0 amide bonds. The Hall–Kier alpha value is -1.04. The van der Waals surface area contributed by atoms with E-state index in [1.807, 2.05) is 13.8 Å². The smallest absolute Gasteiger partial charge is 0.320 e. The van der Waals surface area contributed by atoms with Gasteiger partial charge in [0.25, 0.3) is 0 Å². The second-order valence-electron chi connectivity index (χ2n) is 3.90. The first-order valence-corrected chi connectivity index (χ1v) is 5.21. The Morgan fingerprint density at radius 3 is 2.62 bits per heavy atom. The van der Waals surface area contributed by atoms with Crippen molar-refractivity contribution in [3.05, 3.63) is 18.0 Å². The van der Waals surface area contributed by atoms with Crippen LogP contribution < -0.4 is 5.73 Å². The zero-order valence-corrected chi connectivity index (χ0v) is 9.33. The van der Waals surface area contributed by atoms with Gasteiger partial charge in [0, 0.05) is 18.7 Å². The Morgan fingerprint density at radius 2 is 2.12 bits per heavy atom. The van der Waals surface area contributed by atoms with Crippen molar-refractivity contribution in [3.63, 3.8) is 0 Å². The molecule has 2 unspecified atom stereocenters. The van der Waals surface area contributed by atoms with Gasteiger partial charge in [0.15, 0.2) is 0 Å². The van der Waals surface area contributed by atoms with Gasteiger partial charge in [-0.25, -0.2) is 0 Å². The minimum absolute atomic E-state index is 0.191. The summed E-state index contributed by atoms with van der Waals surface area (Å²) in [6, 6.07) is -0.0683. The van der Waals surface area contributed by atoms with Crippen LogP contribution in [0.25, 0.3) is 0 Å². The van der Waals surface area contributed by atoms with Crippen LogP contribution in [0.2, 0.25) is 0 Å². The normalized spacial score (nSPS) is 16.1. The molecular weight excluding hydrogens is 219 g/mol. The zero-order chi connectivity index (χ0) is 12.3. The molecule has 0 bridgehead atoms. The number of halogens is 3. The Bertz CT molecular complexity index is 332. The summed E-state index contributed by atoms with van der Waals surface area (Å²) in [5.41, 5.74) is 5.41. The van der Waals surface area contributed by atoms with E-state index in [1.165, 1.54) is 0 Å². The minimum atomic E-state index is -4.36. The van der Waals surface area contributed by atoms with E-state index in [1.54, 1.807) is 16.9 Å². The molecule has 0 aromatic carbocycles. The van der Waals surface area contributed by atoms with E-state index in [0.29, 0.717) is 5.69 Å². The van der Waals surface area contributed by atoms with Crippen LogP contribution in [0.4, 0.5) is 13.2 Å². The molecular formula is C10H16F3N3. The molecule has 0 radical (unpaired) electrons. The molecule has 0 aliphatic rings. The maximum absolute atomic E-state index is 12.2. The lowest BCUT2D eigenvalue weighted by molar-refractivity contribution is -0.147. The zero-order valence-electron chi connectivity index (χ0n) is 9.33. The molecule has 0 fully saturated rings. The summed E-state index contributed by atoms with van der Waals surface area (Å²) < 4.78 is 38.3.